The van der Waals surface area contributed by atoms with Gasteiger partial charge in [-0.2, -0.15) is 9.44 Å². The van der Waals surface area contributed by atoms with Gasteiger partial charge in [-0.25, -0.2) is 0 Å². The molecule has 1 aromatic rings. The number of anilines is 1. The lowest BCUT2D eigenvalue weighted by Gasteiger charge is -2.46. The third-order valence-electron chi connectivity index (χ3n) is 6.23. The van der Waals surface area contributed by atoms with Crippen LogP contribution in [-0.2, 0) is 9.57 Å². The predicted molar refractivity (Wildman–Crippen MR) is 124 cm³/mol. The highest BCUT2D eigenvalue weighted by molar-refractivity contribution is 6.99. The van der Waals surface area contributed by atoms with Crippen LogP contribution in [0.3, 0.4) is 0 Å². The second-order valence-electron chi connectivity index (χ2n) is 10.9. The molecule has 14 heteroatoms. The normalized spacial score (nSPS) is 27.3. The Morgan fingerprint density at radius 1 is 1.32 bits per heavy atom. The van der Waals surface area contributed by atoms with Gasteiger partial charge in [0.25, 0.3) is 11.0 Å². The Morgan fingerprint density at radius 3 is 2.62 bits per heavy atom. The first-order valence-electron chi connectivity index (χ1n) is 11.2. The third-order valence-corrected chi connectivity index (χ3v) is 6.74. The molecule has 1 aromatic heterocycles. The monoisotopic (exact) mass is 504 g/mol. The Balaban J connectivity index is 1.83. The second-order valence-corrected chi connectivity index (χ2v) is 11.4. The average Bonchev–Trinajstić information content (AvgIpc) is 3.25. The highest BCUT2D eigenvalue weighted by Gasteiger charge is 2.64. The van der Waals surface area contributed by atoms with E-state index in [1.54, 1.807) is 0 Å². The van der Waals surface area contributed by atoms with Crippen molar-refractivity contribution in [2.24, 2.45) is 0 Å². The van der Waals surface area contributed by atoms with Gasteiger partial charge in [-0.3, -0.25) is 0 Å². The summed E-state index contributed by atoms with van der Waals surface area (Å²) in [5.74, 6) is 0.684. The number of aromatic nitrogens is 2. The molecule has 2 aliphatic heterocycles. The van der Waals surface area contributed by atoms with E-state index in [9.17, 15) is 20.4 Å². The third kappa shape index (κ3) is 5.52. The topological polar surface area (TPSA) is 156 Å². The summed E-state index contributed by atoms with van der Waals surface area (Å²) in [5.41, 5.74) is -1.69. The molecule has 2 saturated heterocycles. The standard InChI is InChI=1S/C20H36N6O7S/c1-18(2,3)21-8-12(27)10-31-17-16(22-34-23-17)24-9-13(11-32-26(29)30)33-15-14(24)19(4,5)25(28)20(15,6)7/h12-15,21,27-28H,8-11H2,1-7H3. The first-order valence-corrected chi connectivity index (χ1v) is 11.9. The zero-order valence-electron chi connectivity index (χ0n) is 20.7. The number of hydrogen-bond acceptors (Lipinski definition) is 13. The minimum atomic E-state index is -0.853. The number of nitrogens with zero attached hydrogens (tertiary/aromatic N) is 5. The van der Waals surface area contributed by atoms with Crippen molar-refractivity contribution in [2.75, 3.05) is 31.2 Å². The highest BCUT2D eigenvalue weighted by atomic mass is 32.1. The number of nitrogens with one attached hydrogen (secondary N) is 1. The first-order chi connectivity index (χ1) is 15.6. The molecule has 194 valence electrons. The van der Waals surface area contributed by atoms with Crippen LogP contribution in [0.4, 0.5) is 5.82 Å². The molecule has 2 aliphatic rings. The summed E-state index contributed by atoms with van der Waals surface area (Å²) in [4.78, 5) is 17.3. The average molecular weight is 505 g/mol. The summed E-state index contributed by atoms with van der Waals surface area (Å²) in [6.45, 7) is 13.8. The quantitative estimate of drug-likeness (QED) is 0.325. The van der Waals surface area contributed by atoms with Gasteiger partial charge >= 0.3 is 0 Å². The van der Waals surface area contributed by atoms with Gasteiger partial charge in [0, 0.05) is 18.6 Å². The maximum absolute atomic E-state index is 11.0. The zero-order chi connectivity index (χ0) is 25.5. The number of morpholine rings is 1. The van der Waals surface area contributed by atoms with Crippen LogP contribution >= 0.6 is 11.7 Å². The fourth-order valence-corrected chi connectivity index (χ4v) is 5.18. The molecule has 4 unspecified atom stereocenters. The summed E-state index contributed by atoms with van der Waals surface area (Å²) in [6, 6.07) is -0.363. The first kappa shape index (κ1) is 26.8. The van der Waals surface area contributed by atoms with Crippen LogP contribution in [0.15, 0.2) is 0 Å². The Hall–Kier alpha value is -1.84. The fourth-order valence-electron chi connectivity index (χ4n) is 4.67. The van der Waals surface area contributed by atoms with Crippen molar-refractivity contribution >= 4 is 17.5 Å². The molecule has 0 aromatic carbocycles. The van der Waals surface area contributed by atoms with Gasteiger partial charge in [0.05, 0.1) is 35.0 Å². The van der Waals surface area contributed by atoms with Crippen LogP contribution < -0.4 is 15.0 Å². The number of β-amino-alcohol motifs (C(OH)–C–C–N with tert-alkyl or cyclic N) is 1. The number of fused-ring (bicyclic) bond motifs is 1. The van der Waals surface area contributed by atoms with Crippen molar-refractivity contribution in [1.82, 2.24) is 19.1 Å². The van der Waals surface area contributed by atoms with Crippen molar-refractivity contribution in [3.05, 3.63) is 10.1 Å². The maximum Gasteiger partial charge on any atom is 0.294 e. The Labute approximate surface area is 203 Å². The predicted octanol–water partition coefficient (Wildman–Crippen LogP) is 1.08. The molecule has 0 aliphatic carbocycles. The van der Waals surface area contributed by atoms with Gasteiger partial charge in [0.2, 0.25) is 5.82 Å². The highest BCUT2D eigenvalue weighted by Crippen LogP contribution is 2.48. The molecule has 0 bridgehead atoms. The van der Waals surface area contributed by atoms with Crippen molar-refractivity contribution in [3.63, 3.8) is 0 Å². The van der Waals surface area contributed by atoms with Crippen LogP contribution in [0.1, 0.15) is 48.5 Å². The van der Waals surface area contributed by atoms with E-state index in [2.05, 4.69) is 18.9 Å². The van der Waals surface area contributed by atoms with Crippen LogP contribution in [0, 0.1) is 10.1 Å². The maximum atomic E-state index is 11.0. The summed E-state index contributed by atoms with van der Waals surface area (Å²) in [5, 5.41) is 35.7. The zero-order valence-corrected chi connectivity index (χ0v) is 21.5. The molecule has 3 N–H and O–H groups in total. The number of aliphatic hydroxyl groups excluding tert-OH is 1. The summed E-state index contributed by atoms with van der Waals surface area (Å²) >= 11 is 0.963. The Kier molecular flexibility index (Phi) is 7.60. The smallest absolute Gasteiger partial charge is 0.294 e. The van der Waals surface area contributed by atoms with Crippen LogP contribution in [0.2, 0.25) is 0 Å². The molecule has 0 amide bonds. The lowest BCUT2D eigenvalue weighted by molar-refractivity contribution is -0.759. The summed E-state index contributed by atoms with van der Waals surface area (Å²) < 4.78 is 20.7. The largest absolute Gasteiger partial charge is 0.472 e. The molecule has 0 saturated carbocycles. The molecule has 3 rings (SSSR count). The van der Waals surface area contributed by atoms with E-state index in [1.165, 1.54) is 5.06 Å². The summed E-state index contributed by atoms with van der Waals surface area (Å²) in [6.07, 6.45) is -1.93. The van der Waals surface area contributed by atoms with Gasteiger partial charge in [-0.1, -0.05) is 0 Å². The second kappa shape index (κ2) is 9.66. The van der Waals surface area contributed by atoms with E-state index >= 15 is 0 Å². The van der Waals surface area contributed by atoms with Crippen molar-refractivity contribution in [3.8, 4) is 5.88 Å². The molecule has 3 heterocycles. The minimum absolute atomic E-state index is 0.00873. The van der Waals surface area contributed by atoms with E-state index in [-0.39, 0.29) is 37.2 Å². The molecular weight excluding hydrogens is 468 g/mol. The molecule has 2 fully saturated rings. The summed E-state index contributed by atoms with van der Waals surface area (Å²) in [7, 11) is 0. The van der Waals surface area contributed by atoms with Crippen LogP contribution in [0.25, 0.3) is 0 Å². The number of aliphatic hydroxyl groups is 1. The van der Waals surface area contributed by atoms with Crippen molar-refractivity contribution in [1.29, 1.82) is 0 Å². The lowest BCUT2D eigenvalue weighted by Crippen LogP contribution is -2.62. The number of hydrogen-bond donors (Lipinski definition) is 3. The molecule has 4 atom stereocenters. The van der Waals surface area contributed by atoms with Crippen LogP contribution in [0.5, 0.6) is 5.88 Å². The fraction of sp³-hybridized carbons (Fsp3) is 0.900. The molecule has 0 spiro atoms. The lowest BCUT2D eigenvalue weighted by atomic mass is 9.88. The van der Waals surface area contributed by atoms with E-state index < -0.39 is 34.5 Å². The Morgan fingerprint density at radius 2 is 2.00 bits per heavy atom. The number of hydroxylamine groups is 2. The van der Waals surface area contributed by atoms with Gasteiger partial charge in [0.1, 0.15) is 25.4 Å². The van der Waals surface area contributed by atoms with Gasteiger partial charge in [-0.15, -0.1) is 14.5 Å². The molecule has 13 nitrogen and oxygen atoms in total. The van der Waals surface area contributed by atoms with Crippen molar-refractivity contribution in [2.45, 2.75) is 89.4 Å². The molecule has 0 radical (unpaired) electrons. The minimum Gasteiger partial charge on any atom is -0.472 e. The van der Waals surface area contributed by atoms with Crippen LogP contribution in [-0.4, -0.2) is 96.5 Å². The van der Waals surface area contributed by atoms with E-state index in [0.29, 0.717) is 12.4 Å². The van der Waals surface area contributed by atoms with Gasteiger partial charge in [-0.05, 0) is 48.5 Å². The van der Waals surface area contributed by atoms with Gasteiger partial charge in [0.15, 0.2) is 0 Å². The number of rotatable bonds is 9. The van der Waals surface area contributed by atoms with E-state index in [4.69, 9.17) is 9.47 Å². The molecular formula is C20H36N6O7S. The van der Waals surface area contributed by atoms with Gasteiger partial charge < -0.3 is 34.8 Å². The Bertz CT molecular complexity index is 861. The van der Waals surface area contributed by atoms with E-state index in [1.807, 2.05) is 53.4 Å². The van der Waals surface area contributed by atoms with E-state index in [0.717, 1.165) is 11.7 Å². The number of ether oxygens (including phenoxy) is 2. The SMILES string of the molecule is CC(C)(C)NCC(O)COc1nsnc1N1CC(CO[N+](=O)[O-])OC2C1C(C)(C)N(O)C2(C)C. The van der Waals surface area contributed by atoms with Crippen molar-refractivity contribution < 1.29 is 29.7 Å². The molecule has 34 heavy (non-hydrogen) atoms.